The molecule has 0 saturated heterocycles. The number of rotatable bonds is 3. The molecule has 1 aliphatic heterocycles. The van der Waals surface area contributed by atoms with Crippen molar-refractivity contribution in [1.82, 2.24) is 0 Å². The molecule has 0 spiro atoms. The van der Waals surface area contributed by atoms with Gasteiger partial charge in [0.25, 0.3) is 0 Å². The molecule has 0 radical (unpaired) electrons. The minimum atomic E-state index is 0.548. The van der Waals surface area contributed by atoms with E-state index in [-0.39, 0.29) is 0 Å². The summed E-state index contributed by atoms with van der Waals surface area (Å²) in [6.07, 6.45) is 3.78. The van der Waals surface area contributed by atoms with Crippen molar-refractivity contribution in [3.05, 3.63) is 0 Å². The van der Waals surface area contributed by atoms with Gasteiger partial charge in [0, 0.05) is 5.25 Å². The van der Waals surface area contributed by atoms with Crippen LogP contribution in [0.4, 0.5) is 0 Å². The molecule has 0 aromatic carbocycles. The summed E-state index contributed by atoms with van der Waals surface area (Å²) in [5, 5.41) is 2.09. The van der Waals surface area contributed by atoms with Crippen LogP contribution in [0.15, 0.2) is 4.99 Å². The lowest BCUT2D eigenvalue weighted by atomic mass is 10.2. The smallest absolute Gasteiger partial charge is 0.0683 e. The molecular formula is C9H17NS. The quantitative estimate of drug-likeness (QED) is 0.635. The average molecular weight is 171 g/mol. The van der Waals surface area contributed by atoms with Gasteiger partial charge in [0.15, 0.2) is 0 Å². The van der Waals surface area contributed by atoms with E-state index in [1.165, 1.54) is 24.3 Å². The number of hydrogen-bond acceptors (Lipinski definition) is 2. The summed E-state index contributed by atoms with van der Waals surface area (Å²) in [6.45, 7) is 6.70. The van der Waals surface area contributed by atoms with E-state index < -0.39 is 0 Å². The van der Waals surface area contributed by atoms with Crippen LogP contribution >= 0.6 is 11.8 Å². The fourth-order valence-electron chi connectivity index (χ4n) is 1.13. The second kappa shape index (κ2) is 4.15. The van der Waals surface area contributed by atoms with Crippen LogP contribution in [-0.4, -0.2) is 16.3 Å². The van der Waals surface area contributed by atoms with E-state index in [2.05, 4.69) is 25.8 Å². The van der Waals surface area contributed by atoms with E-state index in [1.54, 1.807) is 0 Å². The van der Waals surface area contributed by atoms with Crippen molar-refractivity contribution in [2.75, 3.05) is 0 Å². The molecule has 1 nitrogen and oxygen atoms in total. The first-order valence-electron chi connectivity index (χ1n) is 4.47. The Morgan fingerprint density at radius 3 is 2.64 bits per heavy atom. The summed E-state index contributed by atoms with van der Waals surface area (Å²) in [7, 11) is 0. The minimum Gasteiger partial charge on any atom is -0.279 e. The van der Waals surface area contributed by atoms with Crippen LogP contribution in [0.3, 0.4) is 0 Å². The molecule has 64 valence electrons. The lowest BCUT2D eigenvalue weighted by molar-refractivity contribution is 0.744. The van der Waals surface area contributed by atoms with Gasteiger partial charge in [-0.15, -0.1) is 11.8 Å². The highest BCUT2D eigenvalue weighted by Crippen LogP contribution is 2.28. The molecular weight excluding hydrogens is 154 g/mol. The molecule has 1 heterocycles. The Labute approximate surface area is 73.7 Å². The minimum absolute atomic E-state index is 0.548. The van der Waals surface area contributed by atoms with E-state index >= 15 is 0 Å². The molecule has 2 heteroatoms. The molecule has 0 N–H and O–H groups in total. The van der Waals surface area contributed by atoms with Crippen LogP contribution in [0, 0.1) is 0 Å². The third-order valence-electron chi connectivity index (χ3n) is 2.09. The average Bonchev–Trinajstić information content (AvgIpc) is 2.28. The third kappa shape index (κ3) is 2.51. The summed E-state index contributed by atoms with van der Waals surface area (Å²) in [4.78, 5) is 4.59. The van der Waals surface area contributed by atoms with Crippen LogP contribution in [0.25, 0.3) is 0 Å². The number of nitrogens with zero attached hydrogens (tertiary/aromatic N) is 1. The van der Waals surface area contributed by atoms with Crippen LogP contribution in [0.1, 0.15) is 40.0 Å². The van der Waals surface area contributed by atoms with Crippen molar-refractivity contribution >= 4 is 16.8 Å². The Bertz CT molecular complexity index is 154. The summed E-state index contributed by atoms with van der Waals surface area (Å²) in [6, 6.07) is 0.548. The van der Waals surface area contributed by atoms with Gasteiger partial charge in [-0.05, 0) is 19.8 Å². The van der Waals surface area contributed by atoms with E-state index in [0.29, 0.717) is 11.3 Å². The SMILES string of the molecule is CCCCC1=NC(C)C(C)S1. The Morgan fingerprint density at radius 2 is 2.18 bits per heavy atom. The second-order valence-electron chi connectivity index (χ2n) is 3.19. The highest BCUT2D eigenvalue weighted by molar-refractivity contribution is 8.14. The highest BCUT2D eigenvalue weighted by atomic mass is 32.2. The fraction of sp³-hybridized carbons (Fsp3) is 0.889. The molecule has 1 rings (SSSR count). The first kappa shape index (κ1) is 9.11. The van der Waals surface area contributed by atoms with Gasteiger partial charge >= 0.3 is 0 Å². The fourth-order valence-corrected chi connectivity index (χ4v) is 2.30. The first-order chi connectivity index (χ1) is 5.24. The molecule has 2 unspecified atom stereocenters. The molecule has 0 saturated carbocycles. The summed E-state index contributed by atoms with van der Waals surface area (Å²) in [5.74, 6) is 0. The lowest BCUT2D eigenvalue weighted by Gasteiger charge is -2.03. The Morgan fingerprint density at radius 1 is 1.45 bits per heavy atom. The normalized spacial score (nSPS) is 30.6. The zero-order chi connectivity index (χ0) is 8.27. The van der Waals surface area contributed by atoms with Crippen molar-refractivity contribution in [1.29, 1.82) is 0 Å². The van der Waals surface area contributed by atoms with E-state index in [9.17, 15) is 0 Å². The zero-order valence-electron chi connectivity index (χ0n) is 7.63. The molecule has 0 aromatic heterocycles. The van der Waals surface area contributed by atoms with Crippen molar-refractivity contribution in [3.63, 3.8) is 0 Å². The van der Waals surface area contributed by atoms with Crippen molar-refractivity contribution < 1.29 is 0 Å². The zero-order valence-corrected chi connectivity index (χ0v) is 8.45. The Kier molecular flexibility index (Phi) is 3.44. The first-order valence-corrected chi connectivity index (χ1v) is 5.35. The molecule has 1 aliphatic rings. The maximum absolute atomic E-state index is 4.59. The van der Waals surface area contributed by atoms with E-state index in [4.69, 9.17) is 0 Å². The lowest BCUT2D eigenvalue weighted by Crippen LogP contribution is -2.07. The van der Waals surface area contributed by atoms with Gasteiger partial charge < -0.3 is 0 Å². The van der Waals surface area contributed by atoms with Crippen LogP contribution in [0.5, 0.6) is 0 Å². The summed E-state index contributed by atoms with van der Waals surface area (Å²) >= 11 is 1.96. The molecule has 0 aliphatic carbocycles. The Hall–Kier alpha value is 0.0200. The topological polar surface area (TPSA) is 12.4 Å². The van der Waals surface area contributed by atoms with Crippen molar-refractivity contribution in [3.8, 4) is 0 Å². The number of aliphatic imine (C=N–C) groups is 1. The molecule has 11 heavy (non-hydrogen) atoms. The summed E-state index contributed by atoms with van der Waals surface area (Å²) < 4.78 is 0. The van der Waals surface area contributed by atoms with Gasteiger partial charge in [-0.1, -0.05) is 20.3 Å². The predicted octanol–water partition coefficient (Wildman–Crippen LogP) is 3.10. The van der Waals surface area contributed by atoms with Crippen LogP contribution in [0.2, 0.25) is 0 Å². The number of unbranched alkanes of at least 4 members (excludes halogenated alkanes) is 1. The third-order valence-corrected chi connectivity index (χ3v) is 3.44. The monoisotopic (exact) mass is 171 g/mol. The van der Waals surface area contributed by atoms with Gasteiger partial charge in [-0.2, -0.15) is 0 Å². The maximum atomic E-state index is 4.59. The van der Waals surface area contributed by atoms with Gasteiger partial charge in [-0.25, -0.2) is 0 Å². The highest BCUT2D eigenvalue weighted by Gasteiger charge is 2.21. The standard InChI is InChI=1S/C9H17NS/c1-4-5-6-9-10-7(2)8(3)11-9/h7-8H,4-6H2,1-3H3. The van der Waals surface area contributed by atoms with Crippen molar-refractivity contribution in [2.24, 2.45) is 4.99 Å². The van der Waals surface area contributed by atoms with Gasteiger partial charge in [0.05, 0.1) is 11.1 Å². The van der Waals surface area contributed by atoms with E-state index in [0.717, 1.165) is 0 Å². The molecule has 0 amide bonds. The Balaban J connectivity index is 2.31. The predicted molar refractivity (Wildman–Crippen MR) is 53.5 cm³/mol. The molecule has 0 fully saturated rings. The number of hydrogen-bond donors (Lipinski definition) is 0. The van der Waals surface area contributed by atoms with Gasteiger partial charge in [0.2, 0.25) is 0 Å². The van der Waals surface area contributed by atoms with Crippen LogP contribution in [-0.2, 0) is 0 Å². The number of thioether (sulfide) groups is 1. The van der Waals surface area contributed by atoms with Gasteiger partial charge in [0.1, 0.15) is 0 Å². The second-order valence-corrected chi connectivity index (χ2v) is 4.64. The van der Waals surface area contributed by atoms with Crippen molar-refractivity contribution in [2.45, 2.75) is 51.3 Å². The summed E-state index contributed by atoms with van der Waals surface area (Å²) in [5.41, 5.74) is 0. The van der Waals surface area contributed by atoms with Crippen LogP contribution < -0.4 is 0 Å². The largest absolute Gasteiger partial charge is 0.279 e. The molecule has 2 atom stereocenters. The molecule has 0 aromatic rings. The maximum Gasteiger partial charge on any atom is 0.0683 e. The van der Waals surface area contributed by atoms with E-state index in [1.807, 2.05) is 11.8 Å². The van der Waals surface area contributed by atoms with Gasteiger partial charge in [-0.3, -0.25) is 4.99 Å². The molecule has 0 bridgehead atoms.